The highest BCUT2D eigenvalue weighted by Crippen LogP contribution is 2.23. The predicted octanol–water partition coefficient (Wildman–Crippen LogP) is 3.25. The van der Waals surface area contributed by atoms with Gasteiger partial charge >= 0.3 is 6.36 Å². The van der Waals surface area contributed by atoms with Crippen LogP contribution in [-0.2, 0) is 4.79 Å². The number of alkyl halides is 3. The monoisotopic (exact) mass is 452 g/mol. The van der Waals surface area contributed by atoms with Crippen molar-refractivity contribution in [3.05, 3.63) is 65.4 Å². The lowest BCUT2D eigenvalue weighted by atomic mass is 10.1. The topological polar surface area (TPSA) is 96.9 Å². The summed E-state index contributed by atoms with van der Waals surface area (Å²) in [6.07, 6.45) is -2.69. The number of aliphatic hydroxyl groups excluding tert-OH is 1. The van der Waals surface area contributed by atoms with Crippen molar-refractivity contribution in [2.75, 3.05) is 19.8 Å². The lowest BCUT2D eigenvalue weighted by molar-refractivity contribution is -0.274. The highest BCUT2D eigenvalue weighted by molar-refractivity contribution is 6.05. The molecule has 0 unspecified atom stereocenters. The van der Waals surface area contributed by atoms with E-state index in [0.29, 0.717) is 17.9 Å². The summed E-state index contributed by atoms with van der Waals surface area (Å²) in [6.45, 7) is 2.15. The third-order valence-corrected chi connectivity index (χ3v) is 3.90. The lowest BCUT2D eigenvalue weighted by Gasteiger charge is -2.12. The molecule has 32 heavy (non-hydrogen) atoms. The van der Waals surface area contributed by atoms with Crippen LogP contribution in [0.1, 0.15) is 29.3 Å². The molecule has 0 aromatic heterocycles. The number of benzene rings is 2. The van der Waals surface area contributed by atoms with E-state index in [4.69, 9.17) is 9.84 Å². The first-order valence-electron chi connectivity index (χ1n) is 9.72. The molecule has 2 amide bonds. The third kappa shape index (κ3) is 8.31. The molecule has 3 N–H and O–H groups in total. The molecule has 0 saturated carbocycles. The number of ether oxygens (including phenoxy) is 2. The van der Waals surface area contributed by atoms with Crippen molar-refractivity contribution in [2.45, 2.75) is 19.7 Å². The van der Waals surface area contributed by atoms with E-state index in [9.17, 15) is 22.8 Å². The Kier molecular flexibility index (Phi) is 9.08. The fourth-order valence-electron chi connectivity index (χ4n) is 2.47. The molecule has 172 valence electrons. The molecule has 2 aromatic carbocycles. The third-order valence-electron chi connectivity index (χ3n) is 3.90. The first-order chi connectivity index (χ1) is 15.2. The zero-order chi connectivity index (χ0) is 23.6. The van der Waals surface area contributed by atoms with Gasteiger partial charge in [-0.2, -0.15) is 0 Å². The molecule has 0 saturated heterocycles. The van der Waals surface area contributed by atoms with E-state index >= 15 is 0 Å². The van der Waals surface area contributed by atoms with Crippen LogP contribution in [0.3, 0.4) is 0 Å². The number of carbonyl (C=O) groups excluding carboxylic acids is 2. The number of carbonyl (C=O) groups is 2. The molecule has 10 heteroatoms. The van der Waals surface area contributed by atoms with E-state index < -0.39 is 23.9 Å². The number of hydrogen-bond acceptors (Lipinski definition) is 5. The summed E-state index contributed by atoms with van der Waals surface area (Å²) in [6, 6.07) is 11.1. The van der Waals surface area contributed by atoms with Crippen LogP contribution in [0.25, 0.3) is 6.08 Å². The maximum Gasteiger partial charge on any atom is 0.573 e. The molecular weight excluding hydrogens is 429 g/mol. The van der Waals surface area contributed by atoms with Gasteiger partial charge in [-0.15, -0.1) is 13.2 Å². The Morgan fingerprint density at radius 3 is 2.22 bits per heavy atom. The SMILES string of the molecule is CCCOc1ccc(C(=O)NC(=Cc2ccc(OC(F)(F)F)cc2)C(=O)NCCO)cc1. The Bertz CT molecular complexity index is 926. The van der Waals surface area contributed by atoms with E-state index in [0.717, 1.165) is 18.6 Å². The molecule has 0 fully saturated rings. The quantitative estimate of drug-likeness (QED) is 0.481. The van der Waals surface area contributed by atoms with E-state index in [1.54, 1.807) is 12.1 Å². The summed E-state index contributed by atoms with van der Waals surface area (Å²) in [5.74, 6) is -1.07. The van der Waals surface area contributed by atoms with Crippen LogP contribution in [0.15, 0.2) is 54.2 Å². The number of rotatable bonds is 10. The zero-order valence-electron chi connectivity index (χ0n) is 17.2. The zero-order valence-corrected chi connectivity index (χ0v) is 17.2. The molecule has 0 spiro atoms. The number of hydrogen-bond donors (Lipinski definition) is 3. The van der Waals surface area contributed by atoms with Crippen molar-refractivity contribution in [3.63, 3.8) is 0 Å². The molecule has 0 aliphatic carbocycles. The van der Waals surface area contributed by atoms with Gasteiger partial charge < -0.3 is 25.2 Å². The number of aliphatic hydroxyl groups is 1. The van der Waals surface area contributed by atoms with Gasteiger partial charge in [0, 0.05) is 12.1 Å². The molecule has 0 aliphatic rings. The summed E-state index contributed by atoms with van der Waals surface area (Å²) in [5, 5.41) is 13.8. The predicted molar refractivity (Wildman–Crippen MR) is 111 cm³/mol. The van der Waals surface area contributed by atoms with Crippen molar-refractivity contribution in [2.24, 2.45) is 0 Å². The summed E-state index contributed by atoms with van der Waals surface area (Å²) in [5.41, 5.74) is 0.458. The van der Waals surface area contributed by atoms with Crippen LogP contribution < -0.4 is 20.1 Å². The van der Waals surface area contributed by atoms with Gasteiger partial charge in [-0.25, -0.2) is 0 Å². The molecule has 7 nitrogen and oxygen atoms in total. The maximum absolute atomic E-state index is 12.6. The second kappa shape index (κ2) is 11.8. The van der Waals surface area contributed by atoms with Crippen LogP contribution in [0, 0.1) is 0 Å². The van der Waals surface area contributed by atoms with Gasteiger partial charge in [0.05, 0.1) is 13.2 Å². The summed E-state index contributed by atoms with van der Waals surface area (Å²) in [7, 11) is 0. The smallest absolute Gasteiger partial charge is 0.494 e. The minimum atomic E-state index is -4.82. The number of halogens is 3. The van der Waals surface area contributed by atoms with E-state index in [1.165, 1.54) is 30.3 Å². The first-order valence-corrected chi connectivity index (χ1v) is 9.72. The Hall–Kier alpha value is -3.53. The standard InChI is InChI=1S/C22H23F3N2O5/c1-2-13-31-17-9-5-16(6-10-17)20(29)27-19(21(30)26-11-12-28)14-15-3-7-18(8-4-15)32-22(23,24)25/h3-10,14,28H,2,11-13H2,1H3,(H,26,30)(H,27,29). The van der Waals surface area contributed by atoms with Crippen LogP contribution in [0.4, 0.5) is 13.2 Å². The van der Waals surface area contributed by atoms with Gasteiger partial charge in [0.15, 0.2) is 0 Å². The second-order valence-corrected chi connectivity index (χ2v) is 6.48. The molecule has 0 radical (unpaired) electrons. The Labute approximate surface area is 182 Å². The van der Waals surface area contributed by atoms with Crippen molar-refractivity contribution in [1.82, 2.24) is 10.6 Å². The summed E-state index contributed by atoms with van der Waals surface area (Å²) in [4.78, 5) is 25.0. The van der Waals surface area contributed by atoms with Gasteiger partial charge in [0.25, 0.3) is 11.8 Å². The van der Waals surface area contributed by atoms with Crippen LogP contribution in [0.5, 0.6) is 11.5 Å². The van der Waals surface area contributed by atoms with E-state index in [2.05, 4.69) is 15.4 Å². The number of nitrogens with one attached hydrogen (secondary N) is 2. The fourth-order valence-corrected chi connectivity index (χ4v) is 2.47. The minimum absolute atomic E-state index is 0.0477. The average Bonchev–Trinajstić information content (AvgIpc) is 2.76. The second-order valence-electron chi connectivity index (χ2n) is 6.48. The minimum Gasteiger partial charge on any atom is -0.494 e. The molecule has 0 bridgehead atoms. The highest BCUT2D eigenvalue weighted by atomic mass is 19.4. The number of amides is 2. The highest BCUT2D eigenvalue weighted by Gasteiger charge is 2.30. The van der Waals surface area contributed by atoms with Gasteiger partial charge in [-0.3, -0.25) is 9.59 Å². The van der Waals surface area contributed by atoms with Crippen LogP contribution in [-0.4, -0.2) is 43.0 Å². The first kappa shape index (κ1) is 24.7. The molecule has 0 aliphatic heterocycles. The van der Waals surface area contributed by atoms with Crippen molar-refractivity contribution < 1.29 is 37.3 Å². The summed E-state index contributed by atoms with van der Waals surface area (Å²) >= 11 is 0. The van der Waals surface area contributed by atoms with Crippen molar-refractivity contribution in [3.8, 4) is 11.5 Å². The average molecular weight is 452 g/mol. The van der Waals surface area contributed by atoms with Gasteiger partial charge in [-0.05, 0) is 54.5 Å². The summed E-state index contributed by atoms with van der Waals surface area (Å²) < 4.78 is 46.2. The fraction of sp³-hybridized carbons (Fsp3) is 0.273. The molecule has 2 aromatic rings. The van der Waals surface area contributed by atoms with E-state index in [1.807, 2.05) is 6.92 Å². The molecule has 2 rings (SSSR count). The van der Waals surface area contributed by atoms with E-state index in [-0.39, 0.29) is 24.4 Å². The normalized spacial score (nSPS) is 11.6. The Morgan fingerprint density at radius 2 is 1.66 bits per heavy atom. The Balaban J connectivity index is 2.19. The molecule has 0 atom stereocenters. The van der Waals surface area contributed by atoms with Gasteiger partial charge in [-0.1, -0.05) is 19.1 Å². The van der Waals surface area contributed by atoms with Crippen molar-refractivity contribution in [1.29, 1.82) is 0 Å². The van der Waals surface area contributed by atoms with Gasteiger partial charge in [0.1, 0.15) is 17.2 Å². The maximum atomic E-state index is 12.6. The van der Waals surface area contributed by atoms with Crippen LogP contribution in [0.2, 0.25) is 0 Å². The molecular formula is C22H23F3N2O5. The van der Waals surface area contributed by atoms with Crippen LogP contribution >= 0.6 is 0 Å². The lowest BCUT2D eigenvalue weighted by Crippen LogP contribution is -2.36. The van der Waals surface area contributed by atoms with Gasteiger partial charge in [0.2, 0.25) is 0 Å². The van der Waals surface area contributed by atoms with Crippen molar-refractivity contribution >= 4 is 17.9 Å². The molecule has 0 heterocycles. The Morgan fingerprint density at radius 1 is 1.03 bits per heavy atom. The largest absolute Gasteiger partial charge is 0.573 e.